The van der Waals surface area contributed by atoms with Gasteiger partial charge in [0, 0.05) is 12.8 Å². The van der Waals surface area contributed by atoms with E-state index in [9.17, 15) is 14.4 Å². The van der Waals surface area contributed by atoms with Gasteiger partial charge in [-0.05, 0) is 38.0 Å². The van der Waals surface area contributed by atoms with E-state index in [1.54, 1.807) is 0 Å². The molecule has 0 saturated carbocycles. The molecule has 0 aromatic heterocycles. The Morgan fingerprint density at radius 1 is 1.27 bits per heavy atom. The number of Topliss-reactive ketones (excluding diaryl/α,β-unsaturated/α-hetero) is 1. The van der Waals surface area contributed by atoms with E-state index in [1.165, 1.54) is 11.9 Å². The first-order valence-electron chi connectivity index (χ1n) is 7.02. The molecule has 6 heteroatoms. The molecule has 116 valence electrons. The molecule has 1 heterocycles. The zero-order valence-corrected chi connectivity index (χ0v) is 12.9. The fourth-order valence-corrected chi connectivity index (χ4v) is 2.09. The topological polar surface area (TPSA) is 76.0 Å². The van der Waals surface area contributed by atoms with Crippen molar-refractivity contribution in [3.63, 3.8) is 0 Å². The first kappa shape index (κ1) is 15.9. The molecule has 1 aromatic rings. The van der Waals surface area contributed by atoms with Crippen LogP contribution in [-0.2, 0) is 19.1 Å². The fourth-order valence-electron chi connectivity index (χ4n) is 2.09. The number of ether oxygens (including phenoxy) is 1. The van der Waals surface area contributed by atoms with Crippen molar-refractivity contribution in [3.05, 3.63) is 29.3 Å². The van der Waals surface area contributed by atoms with Crippen LogP contribution in [0.1, 0.15) is 30.9 Å². The summed E-state index contributed by atoms with van der Waals surface area (Å²) in [6, 6.07) is 5.69. The maximum absolute atomic E-state index is 12.1. The Kier molecular flexibility index (Phi) is 4.70. The van der Waals surface area contributed by atoms with Crippen molar-refractivity contribution in [2.75, 3.05) is 11.6 Å². The summed E-state index contributed by atoms with van der Waals surface area (Å²) in [6.45, 7) is 4.85. The van der Waals surface area contributed by atoms with Gasteiger partial charge in [-0.2, -0.15) is 10.1 Å². The highest BCUT2D eigenvalue weighted by molar-refractivity contribution is 6.38. The Morgan fingerprint density at radius 2 is 2.00 bits per heavy atom. The summed E-state index contributed by atoms with van der Waals surface area (Å²) >= 11 is 0. The number of hydrogen-bond donors (Lipinski definition) is 0. The number of ketones is 1. The van der Waals surface area contributed by atoms with Crippen LogP contribution >= 0.6 is 0 Å². The number of carbonyl (C=O) groups excluding carboxylic acids is 3. The second kappa shape index (κ2) is 6.51. The number of anilines is 1. The van der Waals surface area contributed by atoms with Gasteiger partial charge in [-0.15, -0.1) is 0 Å². The van der Waals surface area contributed by atoms with Gasteiger partial charge in [0.1, 0.15) is 12.3 Å². The third-order valence-corrected chi connectivity index (χ3v) is 3.27. The third-order valence-electron chi connectivity index (χ3n) is 3.27. The normalized spacial score (nSPS) is 14.6. The summed E-state index contributed by atoms with van der Waals surface area (Å²) in [5.41, 5.74) is 2.69. The van der Waals surface area contributed by atoms with Crippen molar-refractivity contribution in [2.24, 2.45) is 5.10 Å². The Morgan fingerprint density at radius 3 is 2.68 bits per heavy atom. The molecule has 22 heavy (non-hydrogen) atoms. The Balaban J connectivity index is 2.28. The van der Waals surface area contributed by atoms with Crippen molar-refractivity contribution in [3.8, 4) is 0 Å². The number of rotatable bonds is 4. The van der Waals surface area contributed by atoms with Crippen LogP contribution in [-0.4, -0.2) is 30.0 Å². The SMILES string of the molecule is CC(=O)COC(=O)C1=NN(c2cc(C)ccc2C)C(=O)CC1. The summed E-state index contributed by atoms with van der Waals surface area (Å²) in [7, 11) is 0. The Bertz CT molecular complexity index is 664. The van der Waals surface area contributed by atoms with Crippen LogP contribution < -0.4 is 5.01 Å². The zero-order chi connectivity index (χ0) is 16.3. The lowest BCUT2D eigenvalue weighted by molar-refractivity contribution is -0.140. The molecule has 0 spiro atoms. The highest BCUT2D eigenvalue weighted by Crippen LogP contribution is 2.25. The van der Waals surface area contributed by atoms with Crippen molar-refractivity contribution in [1.29, 1.82) is 0 Å². The highest BCUT2D eigenvalue weighted by atomic mass is 16.5. The molecule has 0 saturated heterocycles. The molecule has 1 aromatic carbocycles. The molecule has 0 atom stereocenters. The van der Waals surface area contributed by atoms with Crippen LogP contribution in [0, 0.1) is 13.8 Å². The van der Waals surface area contributed by atoms with Gasteiger partial charge in [-0.3, -0.25) is 9.59 Å². The van der Waals surface area contributed by atoms with Crippen LogP contribution in [0.5, 0.6) is 0 Å². The minimum absolute atomic E-state index is 0.154. The molecular formula is C16H18N2O4. The van der Waals surface area contributed by atoms with Gasteiger partial charge < -0.3 is 4.74 Å². The van der Waals surface area contributed by atoms with E-state index in [2.05, 4.69) is 5.10 Å². The van der Waals surface area contributed by atoms with Crippen molar-refractivity contribution >= 4 is 29.1 Å². The predicted molar refractivity (Wildman–Crippen MR) is 81.7 cm³/mol. The third kappa shape index (κ3) is 3.58. The largest absolute Gasteiger partial charge is 0.453 e. The average molecular weight is 302 g/mol. The summed E-state index contributed by atoms with van der Waals surface area (Å²) < 4.78 is 4.86. The Labute approximate surface area is 128 Å². The Hall–Kier alpha value is -2.50. The molecule has 2 rings (SSSR count). The molecule has 0 unspecified atom stereocenters. The van der Waals surface area contributed by atoms with Crippen molar-refractivity contribution in [1.82, 2.24) is 0 Å². The second-order valence-corrected chi connectivity index (χ2v) is 5.32. The molecule has 0 radical (unpaired) electrons. The van der Waals surface area contributed by atoms with Crippen LogP contribution in [0.25, 0.3) is 0 Å². The maximum Gasteiger partial charge on any atom is 0.354 e. The molecule has 0 bridgehead atoms. The minimum atomic E-state index is -0.655. The zero-order valence-electron chi connectivity index (χ0n) is 12.9. The predicted octanol–water partition coefficient (Wildman–Crippen LogP) is 1.92. The highest BCUT2D eigenvalue weighted by Gasteiger charge is 2.27. The maximum atomic E-state index is 12.1. The van der Waals surface area contributed by atoms with Gasteiger partial charge in [0.05, 0.1) is 5.69 Å². The molecule has 0 N–H and O–H groups in total. The van der Waals surface area contributed by atoms with E-state index >= 15 is 0 Å². The van der Waals surface area contributed by atoms with Gasteiger partial charge in [0.2, 0.25) is 5.91 Å². The molecule has 0 fully saturated rings. The van der Waals surface area contributed by atoms with E-state index in [1.807, 2.05) is 32.0 Å². The number of carbonyl (C=O) groups is 3. The van der Waals surface area contributed by atoms with E-state index in [4.69, 9.17) is 4.74 Å². The van der Waals surface area contributed by atoms with E-state index in [0.717, 1.165) is 11.1 Å². The van der Waals surface area contributed by atoms with Gasteiger partial charge in [0.25, 0.3) is 0 Å². The first-order valence-corrected chi connectivity index (χ1v) is 7.02. The number of esters is 1. The lowest BCUT2D eigenvalue weighted by Gasteiger charge is -2.24. The molecule has 1 aliphatic heterocycles. The number of hydrogen-bond acceptors (Lipinski definition) is 5. The second-order valence-electron chi connectivity index (χ2n) is 5.32. The summed E-state index contributed by atoms with van der Waals surface area (Å²) in [4.78, 5) is 34.9. The smallest absolute Gasteiger partial charge is 0.354 e. The van der Waals surface area contributed by atoms with Gasteiger partial charge in [-0.1, -0.05) is 12.1 Å². The van der Waals surface area contributed by atoms with E-state index < -0.39 is 5.97 Å². The standard InChI is InChI=1S/C16H18N2O4/c1-10-4-5-11(2)14(8-10)18-15(20)7-6-13(17-18)16(21)22-9-12(3)19/h4-5,8H,6-7,9H2,1-3H3. The average Bonchev–Trinajstić information content (AvgIpc) is 2.48. The summed E-state index contributed by atoms with van der Waals surface area (Å²) in [5, 5.41) is 5.37. The molecule has 6 nitrogen and oxygen atoms in total. The molecule has 0 aliphatic carbocycles. The minimum Gasteiger partial charge on any atom is -0.453 e. The lowest BCUT2D eigenvalue weighted by Crippen LogP contribution is -2.35. The first-order chi connectivity index (χ1) is 10.4. The van der Waals surface area contributed by atoms with E-state index in [0.29, 0.717) is 5.69 Å². The fraction of sp³-hybridized carbons (Fsp3) is 0.375. The number of aryl methyl sites for hydroxylation is 2. The summed E-state index contributed by atoms with van der Waals surface area (Å²) in [5.74, 6) is -1.07. The quantitative estimate of drug-likeness (QED) is 0.796. The van der Waals surface area contributed by atoms with E-state index in [-0.39, 0.29) is 36.9 Å². The van der Waals surface area contributed by atoms with Gasteiger partial charge in [-0.25, -0.2) is 4.79 Å². The van der Waals surface area contributed by atoms with Crippen LogP contribution in [0.3, 0.4) is 0 Å². The monoisotopic (exact) mass is 302 g/mol. The number of hydrazone groups is 1. The van der Waals surface area contributed by atoms with Crippen LogP contribution in [0.4, 0.5) is 5.69 Å². The number of benzene rings is 1. The van der Waals surface area contributed by atoms with Crippen LogP contribution in [0.2, 0.25) is 0 Å². The summed E-state index contributed by atoms with van der Waals surface area (Å²) in [6.07, 6.45) is 0.401. The molecule has 1 aliphatic rings. The van der Waals surface area contributed by atoms with Crippen LogP contribution in [0.15, 0.2) is 23.3 Å². The van der Waals surface area contributed by atoms with Crippen molar-refractivity contribution < 1.29 is 19.1 Å². The number of amides is 1. The van der Waals surface area contributed by atoms with Gasteiger partial charge in [0.15, 0.2) is 5.78 Å². The van der Waals surface area contributed by atoms with Gasteiger partial charge >= 0.3 is 5.97 Å². The van der Waals surface area contributed by atoms with Crippen molar-refractivity contribution in [2.45, 2.75) is 33.6 Å². The lowest BCUT2D eigenvalue weighted by atomic mass is 10.1. The molecule has 1 amide bonds. The number of nitrogens with zero attached hydrogens (tertiary/aromatic N) is 2. The molecular weight excluding hydrogens is 284 g/mol.